The van der Waals surface area contributed by atoms with E-state index in [1.54, 1.807) is 39.9 Å². The van der Waals surface area contributed by atoms with E-state index in [2.05, 4.69) is 10.2 Å². The average Bonchev–Trinajstić information content (AvgIpc) is 3.12. The van der Waals surface area contributed by atoms with E-state index in [-0.39, 0.29) is 35.4 Å². The van der Waals surface area contributed by atoms with Crippen LogP contribution in [0.1, 0.15) is 53.7 Å². The number of amides is 3. The first kappa shape index (κ1) is 36.1. The molecule has 5 rings (SSSR count). The van der Waals surface area contributed by atoms with Crippen molar-refractivity contribution in [3.63, 3.8) is 0 Å². The van der Waals surface area contributed by atoms with Gasteiger partial charge in [0.05, 0.1) is 42.4 Å². The fourth-order valence-electron chi connectivity index (χ4n) is 6.67. The van der Waals surface area contributed by atoms with Crippen LogP contribution >= 0.6 is 0 Å². The van der Waals surface area contributed by atoms with Gasteiger partial charge in [0.25, 0.3) is 11.5 Å². The van der Waals surface area contributed by atoms with Crippen molar-refractivity contribution >= 4 is 28.5 Å². The minimum atomic E-state index is -0.614. The molecule has 0 radical (unpaired) electrons. The minimum absolute atomic E-state index is 0.0339. The highest BCUT2D eigenvalue weighted by Gasteiger charge is 2.29. The Morgan fingerprint density at radius 2 is 1.65 bits per heavy atom. The largest absolute Gasteiger partial charge is 0.378 e. The predicted octanol–water partition coefficient (Wildman–Crippen LogP) is 2.25. The van der Waals surface area contributed by atoms with Crippen molar-refractivity contribution in [3.8, 4) is 0 Å². The summed E-state index contributed by atoms with van der Waals surface area (Å²) in [5.74, 6) is -0.863. The van der Waals surface area contributed by atoms with Crippen LogP contribution in [0.2, 0.25) is 0 Å². The Bertz CT molecular complexity index is 1670. The van der Waals surface area contributed by atoms with Gasteiger partial charge in [-0.3, -0.25) is 24.1 Å². The van der Waals surface area contributed by atoms with Crippen LogP contribution in [-0.2, 0) is 20.7 Å². The molecule has 3 N–H and O–H groups in total. The number of piperazine rings is 1. The lowest BCUT2D eigenvalue weighted by Crippen LogP contribution is -2.52. The molecule has 49 heavy (non-hydrogen) atoms. The monoisotopic (exact) mass is 677 g/mol. The Kier molecular flexibility index (Phi) is 12.5. The van der Waals surface area contributed by atoms with E-state index in [1.807, 2.05) is 24.1 Å². The first-order chi connectivity index (χ1) is 23.6. The SMILES string of the molecule is CN(CCOCCN(C)C(=O)[C@H](N)C1CCCCC1)CC(=O)N1CCN(C(=O)c2cc(Cc3n[nH]c(=O)c4ccccc34)ccc2F)CC1. The Hall–Kier alpha value is -4.20. The molecule has 2 heterocycles. The molecule has 12 nitrogen and oxygen atoms in total. The number of rotatable bonds is 13. The topological polar surface area (TPSA) is 145 Å². The quantitative estimate of drug-likeness (QED) is 0.262. The van der Waals surface area contributed by atoms with Gasteiger partial charge in [0.2, 0.25) is 11.8 Å². The number of nitrogens with zero attached hydrogens (tertiary/aromatic N) is 5. The van der Waals surface area contributed by atoms with Crippen molar-refractivity contribution in [1.29, 1.82) is 0 Å². The van der Waals surface area contributed by atoms with Crippen molar-refractivity contribution in [2.75, 3.05) is 73.1 Å². The number of nitrogens with two attached hydrogens (primary N) is 1. The Labute approximate surface area is 286 Å². The Morgan fingerprint density at radius 1 is 0.980 bits per heavy atom. The van der Waals surface area contributed by atoms with Crippen molar-refractivity contribution in [1.82, 2.24) is 29.8 Å². The number of hydrogen-bond acceptors (Lipinski definition) is 8. The number of ether oxygens (including phenoxy) is 1. The summed E-state index contributed by atoms with van der Waals surface area (Å²) in [5, 5.41) is 7.93. The molecule has 1 saturated heterocycles. The molecule has 2 fully saturated rings. The molecule has 1 aromatic heterocycles. The lowest BCUT2D eigenvalue weighted by Gasteiger charge is -2.35. The zero-order chi connectivity index (χ0) is 34.9. The number of benzene rings is 2. The molecule has 0 bridgehead atoms. The first-order valence-corrected chi connectivity index (χ1v) is 17.2. The molecule has 3 amide bonds. The van der Waals surface area contributed by atoms with Crippen molar-refractivity contribution in [3.05, 3.63) is 75.5 Å². The average molecular weight is 678 g/mol. The summed E-state index contributed by atoms with van der Waals surface area (Å²) in [7, 11) is 3.61. The van der Waals surface area contributed by atoms with Gasteiger partial charge >= 0.3 is 0 Å². The number of carbonyl (C=O) groups is 3. The van der Waals surface area contributed by atoms with Crippen molar-refractivity contribution < 1.29 is 23.5 Å². The number of nitrogens with one attached hydrogen (secondary N) is 1. The molecule has 2 aliphatic rings. The lowest BCUT2D eigenvalue weighted by molar-refractivity contribution is -0.134. The molecule has 1 aliphatic carbocycles. The van der Waals surface area contributed by atoms with Crippen molar-refractivity contribution in [2.45, 2.75) is 44.6 Å². The summed E-state index contributed by atoms with van der Waals surface area (Å²) >= 11 is 0. The second-order valence-corrected chi connectivity index (χ2v) is 13.2. The smallest absolute Gasteiger partial charge is 0.272 e. The summed E-state index contributed by atoms with van der Waals surface area (Å²) in [6.07, 6.45) is 5.84. The number of halogens is 1. The number of aromatic nitrogens is 2. The second kappa shape index (κ2) is 17.0. The van der Waals surface area contributed by atoms with Gasteiger partial charge in [-0.05, 0) is 49.6 Å². The van der Waals surface area contributed by atoms with Crippen LogP contribution in [0, 0.1) is 11.7 Å². The maximum atomic E-state index is 14.9. The zero-order valence-electron chi connectivity index (χ0n) is 28.5. The van der Waals surface area contributed by atoms with Gasteiger partial charge in [-0.15, -0.1) is 0 Å². The summed E-state index contributed by atoms with van der Waals surface area (Å²) < 4.78 is 20.6. The second-order valence-electron chi connectivity index (χ2n) is 13.2. The molecule has 1 saturated carbocycles. The fraction of sp³-hybridized carbons (Fsp3) is 0.528. The summed E-state index contributed by atoms with van der Waals surface area (Å²) in [4.78, 5) is 58.0. The van der Waals surface area contributed by atoms with Gasteiger partial charge in [0.1, 0.15) is 5.82 Å². The maximum Gasteiger partial charge on any atom is 0.272 e. The number of likely N-dealkylation sites (N-methyl/N-ethyl adjacent to an activating group) is 2. The number of aromatic amines is 1. The van der Waals surface area contributed by atoms with Gasteiger partial charge in [-0.2, -0.15) is 5.10 Å². The molecule has 1 atom stereocenters. The Balaban J connectivity index is 1.03. The maximum absolute atomic E-state index is 14.9. The van der Waals surface area contributed by atoms with Crippen LogP contribution in [0.15, 0.2) is 47.3 Å². The van der Waals surface area contributed by atoms with E-state index in [9.17, 15) is 23.6 Å². The summed E-state index contributed by atoms with van der Waals surface area (Å²) in [6, 6.07) is 11.1. The predicted molar refractivity (Wildman–Crippen MR) is 185 cm³/mol. The van der Waals surface area contributed by atoms with Crippen LogP contribution in [0.4, 0.5) is 4.39 Å². The van der Waals surface area contributed by atoms with Gasteiger partial charge < -0.3 is 25.2 Å². The highest BCUT2D eigenvalue weighted by atomic mass is 19.1. The fourth-order valence-corrected chi connectivity index (χ4v) is 6.67. The van der Waals surface area contributed by atoms with E-state index in [0.717, 1.165) is 25.7 Å². The van der Waals surface area contributed by atoms with E-state index in [0.29, 0.717) is 80.9 Å². The number of H-pyrrole nitrogens is 1. The van der Waals surface area contributed by atoms with Gasteiger partial charge in [-0.1, -0.05) is 43.5 Å². The molecular formula is C36H48FN7O5. The molecule has 0 unspecified atom stereocenters. The van der Waals surface area contributed by atoms with Gasteiger partial charge in [0.15, 0.2) is 0 Å². The van der Waals surface area contributed by atoms with Crippen LogP contribution in [0.5, 0.6) is 0 Å². The standard InChI is InChI=1S/C36H48FN7O5/c1-41(18-20-49-21-19-42(2)36(48)33(38)26-8-4-3-5-9-26)24-32(45)43-14-16-44(17-15-43)35(47)29-22-25(12-13-30(29)37)23-31-27-10-6-7-11-28(27)34(46)40-39-31/h6-7,10-13,22,26,33H,3-5,8-9,14-21,23-24,38H2,1-2H3,(H,40,46)/t33-/m1/s1. The van der Waals surface area contributed by atoms with Crippen LogP contribution in [0.25, 0.3) is 10.8 Å². The van der Waals surface area contributed by atoms with E-state index >= 15 is 0 Å². The molecule has 1 aliphatic heterocycles. The van der Waals surface area contributed by atoms with Crippen LogP contribution in [-0.4, -0.2) is 127 Å². The highest BCUT2D eigenvalue weighted by molar-refractivity contribution is 5.95. The number of carbonyl (C=O) groups excluding carboxylic acids is 3. The molecular weight excluding hydrogens is 629 g/mol. The van der Waals surface area contributed by atoms with Gasteiger partial charge in [0, 0.05) is 58.1 Å². The minimum Gasteiger partial charge on any atom is -0.378 e. The third-order valence-corrected chi connectivity index (χ3v) is 9.74. The number of fused-ring (bicyclic) bond motifs is 1. The van der Waals surface area contributed by atoms with E-state index in [1.165, 1.54) is 18.6 Å². The molecule has 13 heteroatoms. The van der Waals surface area contributed by atoms with E-state index in [4.69, 9.17) is 10.5 Å². The lowest BCUT2D eigenvalue weighted by atomic mass is 9.84. The molecule has 0 spiro atoms. The van der Waals surface area contributed by atoms with Crippen LogP contribution < -0.4 is 11.3 Å². The molecule has 2 aromatic carbocycles. The molecule has 3 aromatic rings. The van der Waals surface area contributed by atoms with Crippen molar-refractivity contribution in [2.24, 2.45) is 11.7 Å². The molecule has 264 valence electrons. The Morgan fingerprint density at radius 3 is 2.39 bits per heavy atom. The number of hydrogen-bond donors (Lipinski definition) is 2. The van der Waals surface area contributed by atoms with Crippen LogP contribution in [0.3, 0.4) is 0 Å². The zero-order valence-corrected chi connectivity index (χ0v) is 28.5. The summed E-state index contributed by atoms with van der Waals surface area (Å²) in [5.41, 5.74) is 7.25. The normalized spacial score (nSPS) is 16.3. The third-order valence-electron chi connectivity index (χ3n) is 9.74. The summed E-state index contributed by atoms with van der Waals surface area (Å²) in [6.45, 7) is 3.32. The highest BCUT2D eigenvalue weighted by Crippen LogP contribution is 2.26. The first-order valence-electron chi connectivity index (χ1n) is 17.2. The van der Waals surface area contributed by atoms with E-state index < -0.39 is 17.8 Å². The van der Waals surface area contributed by atoms with Gasteiger partial charge in [-0.25, -0.2) is 9.49 Å². The third kappa shape index (κ3) is 9.28.